The van der Waals surface area contributed by atoms with E-state index in [2.05, 4.69) is 10.3 Å². The monoisotopic (exact) mass is 306 g/mol. The van der Waals surface area contributed by atoms with Crippen LogP contribution in [0.4, 0.5) is 5.82 Å². The molecule has 3 rings (SSSR count). The van der Waals surface area contributed by atoms with Crippen molar-refractivity contribution in [3.63, 3.8) is 0 Å². The fourth-order valence-electron chi connectivity index (χ4n) is 2.84. The number of carbonyl (C=O) groups is 1. The Bertz CT molecular complexity index is 742. The van der Waals surface area contributed by atoms with Gasteiger partial charge in [-0.25, -0.2) is 4.98 Å². The number of nitrogens with zero attached hydrogens (tertiary/aromatic N) is 3. The van der Waals surface area contributed by atoms with Crippen LogP contribution >= 0.6 is 0 Å². The second kappa shape index (κ2) is 6.59. The lowest BCUT2D eigenvalue weighted by Gasteiger charge is -2.16. The Morgan fingerprint density at radius 3 is 2.78 bits per heavy atom. The number of amides is 1. The van der Waals surface area contributed by atoms with Gasteiger partial charge >= 0.3 is 0 Å². The zero-order valence-electron chi connectivity index (χ0n) is 13.0. The molecule has 2 heterocycles. The van der Waals surface area contributed by atoms with E-state index in [0.717, 1.165) is 34.6 Å². The number of nitrogens with one attached hydrogen (secondary N) is 1. The minimum absolute atomic E-state index is 0.146. The van der Waals surface area contributed by atoms with Gasteiger partial charge in [-0.05, 0) is 43.1 Å². The molecule has 1 atom stereocenters. The molecule has 5 nitrogen and oxygen atoms in total. The molecule has 2 aromatic rings. The molecule has 1 fully saturated rings. The Kier molecular flexibility index (Phi) is 4.35. The number of aromatic nitrogens is 1. The van der Waals surface area contributed by atoms with E-state index in [4.69, 9.17) is 0 Å². The Morgan fingerprint density at radius 2 is 2.17 bits per heavy atom. The number of pyridine rings is 1. The summed E-state index contributed by atoms with van der Waals surface area (Å²) >= 11 is 0. The molecule has 1 amide bonds. The third kappa shape index (κ3) is 3.08. The summed E-state index contributed by atoms with van der Waals surface area (Å²) in [6.07, 6.45) is 4.43. The van der Waals surface area contributed by atoms with Gasteiger partial charge in [0.2, 0.25) is 5.91 Å². The van der Waals surface area contributed by atoms with Crippen molar-refractivity contribution in [2.45, 2.75) is 13.3 Å². The first kappa shape index (κ1) is 15.2. The van der Waals surface area contributed by atoms with E-state index in [1.54, 1.807) is 12.3 Å². The van der Waals surface area contributed by atoms with Crippen LogP contribution in [0, 0.1) is 24.3 Å². The SMILES string of the molecule is Cc1ccccc1-c1ccc(N(C#N)C(=O)C2CCNC2)nc1. The molecule has 0 aliphatic carbocycles. The lowest BCUT2D eigenvalue weighted by Crippen LogP contribution is -2.34. The number of carbonyl (C=O) groups excluding carboxylic acids is 1. The van der Waals surface area contributed by atoms with Crippen molar-refractivity contribution in [3.8, 4) is 17.3 Å². The molecule has 1 saturated heterocycles. The third-order valence-corrected chi connectivity index (χ3v) is 4.16. The number of rotatable bonds is 3. The molecule has 1 aromatic heterocycles. The zero-order chi connectivity index (χ0) is 16.2. The second-order valence-electron chi connectivity index (χ2n) is 5.68. The number of hydrogen-bond donors (Lipinski definition) is 1. The molecular weight excluding hydrogens is 288 g/mol. The van der Waals surface area contributed by atoms with Crippen LogP contribution in [0.2, 0.25) is 0 Å². The summed E-state index contributed by atoms with van der Waals surface area (Å²) in [7, 11) is 0. The molecule has 0 radical (unpaired) electrons. The Labute approximate surface area is 135 Å². The molecule has 0 spiro atoms. The maximum atomic E-state index is 12.4. The predicted octanol–water partition coefficient (Wildman–Crippen LogP) is 2.48. The summed E-state index contributed by atoms with van der Waals surface area (Å²) in [5, 5.41) is 12.5. The van der Waals surface area contributed by atoms with Crippen molar-refractivity contribution in [3.05, 3.63) is 48.2 Å². The molecule has 5 heteroatoms. The fraction of sp³-hybridized carbons (Fsp3) is 0.278. The van der Waals surface area contributed by atoms with Crippen LogP contribution in [-0.2, 0) is 4.79 Å². The maximum absolute atomic E-state index is 12.4. The van der Waals surface area contributed by atoms with Gasteiger partial charge in [-0.15, -0.1) is 0 Å². The quantitative estimate of drug-likeness (QED) is 0.698. The van der Waals surface area contributed by atoms with E-state index < -0.39 is 0 Å². The van der Waals surface area contributed by atoms with Gasteiger partial charge in [0.25, 0.3) is 0 Å². The van der Waals surface area contributed by atoms with E-state index in [1.165, 1.54) is 0 Å². The molecule has 23 heavy (non-hydrogen) atoms. The van der Waals surface area contributed by atoms with Gasteiger partial charge in [-0.3, -0.25) is 4.79 Å². The lowest BCUT2D eigenvalue weighted by molar-refractivity contribution is -0.121. The van der Waals surface area contributed by atoms with Gasteiger partial charge in [0.1, 0.15) is 5.82 Å². The van der Waals surface area contributed by atoms with E-state index in [1.807, 2.05) is 43.4 Å². The predicted molar refractivity (Wildman–Crippen MR) is 88.5 cm³/mol. The van der Waals surface area contributed by atoms with E-state index in [-0.39, 0.29) is 11.8 Å². The van der Waals surface area contributed by atoms with Crippen LogP contribution in [-0.4, -0.2) is 24.0 Å². The molecule has 0 saturated carbocycles. The standard InChI is InChI=1S/C18H18N4O/c1-13-4-2-3-5-16(13)14-6-7-17(21-11-14)22(12-19)18(23)15-8-9-20-10-15/h2-7,11,15,20H,8-10H2,1H3. The van der Waals surface area contributed by atoms with E-state index in [9.17, 15) is 10.1 Å². The summed E-state index contributed by atoms with van der Waals surface area (Å²) in [5.74, 6) is 0.0443. The number of anilines is 1. The highest BCUT2D eigenvalue weighted by Crippen LogP contribution is 2.24. The minimum Gasteiger partial charge on any atom is -0.316 e. The normalized spacial score (nSPS) is 16.8. The van der Waals surface area contributed by atoms with Crippen molar-refractivity contribution >= 4 is 11.7 Å². The average molecular weight is 306 g/mol. The van der Waals surface area contributed by atoms with Crippen molar-refractivity contribution < 1.29 is 4.79 Å². The summed E-state index contributed by atoms with van der Waals surface area (Å²) < 4.78 is 0. The van der Waals surface area contributed by atoms with Crippen molar-refractivity contribution in [2.75, 3.05) is 18.0 Å². The van der Waals surface area contributed by atoms with E-state index in [0.29, 0.717) is 12.4 Å². The van der Waals surface area contributed by atoms with Crippen molar-refractivity contribution in [1.82, 2.24) is 10.3 Å². The number of aryl methyl sites for hydroxylation is 1. The van der Waals surface area contributed by atoms with Gasteiger partial charge in [0.05, 0.1) is 5.92 Å². The van der Waals surface area contributed by atoms with E-state index >= 15 is 0 Å². The second-order valence-corrected chi connectivity index (χ2v) is 5.68. The highest BCUT2D eigenvalue weighted by Gasteiger charge is 2.28. The van der Waals surface area contributed by atoms with Gasteiger partial charge < -0.3 is 5.32 Å². The summed E-state index contributed by atoms with van der Waals surface area (Å²) in [4.78, 5) is 17.8. The van der Waals surface area contributed by atoms with Crippen LogP contribution in [0.5, 0.6) is 0 Å². The summed E-state index contributed by atoms with van der Waals surface area (Å²) in [6.45, 7) is 3.48. The van der Waals surface area contributed by atoms with Crippen LogP contribution in [0.15, 0.2) is 42.6 Å². The van der Waals surface area contributed by atoms with Gasteiger partial charge in [-0.1, -0.05) is 24.3 Å². The number of benzene rings is 1. The largest absolute Gasteiger partial charge is 0.316 e. The van der Waals surface area contributed by atoms with Crippen LogP contribution in [0.3, 0.4) is 0 Å². The van der Waals surface area contributed by atoms with Gasteiger partial charge in [-0.2, -0.15) is 10.2 Å². The number of nitriles is 1. The highest BCUT2D eigenvalue weighted by atomic mass is 16.2. The number of hydrogen-bond acceptors (Lipinski definition) is 4. The Hall–Kier alpha value is -2.71. The Balaban J connectivity index is 1.84. The average Bonchev–Trinajstić information content (AvgIpc) is 3.11. The fourth-order valence-corrected chi connectivity index (χ4v) is 2.84. The summed E-state index contributed by atoms with van der Waals surface area (Å²) in [5.41, 5.74) is 3.23. The molecule has 1 N–H and O–H groups in total. The topological polar surface area (TPSA) is 69.0 Å². The molecule has 1 aromatic carbocycles. The van der Waals surface area contributed by atoms with Crippen LogP contribution in [0.1, 0.15) is 12.0 Å². The highest BCUT2D eigenvalue weighted by molar-refractivity contribution is 5.97. The first-order valence-electron chi connectivity index (χ1n) is 7.67. The molecule has 1 aliphatic heterocycles. The first-order valence-corrected chi connectivity index (χ1v) is 7.67. The van der Waals surface area contributed by atoms with Gasteiger partial charge in [0, 0.05) is 18.3 Å². The Morgan fingerprint density at radius 1 is 1.35 bits per heavy atom. The molecule has 1 aliphatic rings. The van der Waals surface area contributed by atoms with Gasteiger partial charge in [0.15, 0.2) is 6.19 Å². The third-order valence-electron chi connectivity index (χ3n) is 4.16. The van der Waals surface area contributed by atoms with Crippen molar-refractivity contribution in [2.24, 2.45) is 5.92 Å². The lowest BCUT2D eigenvalue weighted by atomic mass is 10.0. The van der Waals surface area contributed by atoms with Crippen LogP contribution in [0.25, 0.3) is 11.1 Å². The smallest absolute Gasteiger partial charge is 0.246 e. The van der Waals surface area contributed by atoms with Crippen molar-refractivity contribution in [1.29, 1.82) is 5.26 Å². The minimum atomic E-state index is -0.186. The maximum Gasteiger partial charge on any atom is 0.246 e. The van der Waals surface area contributed by atoms with Crippen LogP contribution < -0.4 is 10.2 Å². The molecule has 1 unspecified atom stereocenters. The molecular formula is C18H18N4O. The zero-order valence-corrected chi connectivity index (χ0v) is 13.0. The molecule has 116 valence electrons. The molecule has 0 bridgehead atoms. The summed E-state index contributed by atoms with van der Waals surface area (Å²) in [6, 6.07) is 11.7. The first-order chi connectivity index (χ1) is 11.2.